The fraction of sp³-hybridized carbons (Fsp3) is 0.250. The Morgan fingerprint density at radius 2 is 1.75 bits per heavy atom. The molecule has 0 fully saturated rings. The summed E-state index contributed by atoms with van der Waals surface area (Å²) < 4.78 is 0. The second-order valence-corrected chi connectivity index (χ2v) is 4.56. The van der Waals surface area contributed by atoms with Gasteiger partial charge in [0.25, 0.3) is 0 Å². The Morgan fingerprint density at radius 3 is 2.50 bits per heavy atom. The quantitative estimate of drug-likeness (QED) is 0.791. The molecule has 0 saturated heterocycles. The van der Waals surface area contributed by atoms with Crippen molar-refractivity contribution >= 4 is 11.7 Å². The first-order chi connectivity index (χ1) is 9.84. The lowest BCUT2D eigenvalue weighted by molar-refractivity contribution is 0.252. The predicted molar refractivity (Wildman–Crippen MR) is 80.6 cm³/mol. The zero-order chi connectivity index (χ0) is 14.0. The molecule has 0 bridgehead atoms. The maximum absolute atomic E-state index is 11.6. The number of carbonyl (C=O) groups excluding carboxylic acids is 1. The van der Waals surface area contributed by atoms with Crippen molar-refractivity contribution in [2.24, 2.45) is 0 Å². The van der Waals surface area contributed by atoms with Crippen LogP contribution in [-0.4, -0.2) is 17.6 Å². The number of carbonyl (C=O) groups is 1. The Hall–Kier alpha value is -2.36. The van der Waals surface area contributed by atoms with E-state index in [4.69, 9.17) is 0 Å². The third kappa shape index (κ3) is 5.10. The number of rotatable bonds is 6. The number of unbranched alkanes of at least 4 members (excludes halogenated alkanes) is 1. The predicted octanol–water partition coefficient (Wildman–Crippen LogP) is 3.23. The maximum atomic E-state index is 11.6. The molecular weight excluding hydrogens is 250 g/mol. The minimum absolute atomic E-state index is 0.170. The number of aryl methyl sites for hydroxylation is 1. The molecule has 20 heavy (non-hydrogen) atoms. The Balaban J connectivity index is 1.58. The van der Waals surface area contributed by atoms with E-state index in [0.29, 0.717) is 6.54 Å². The molecule has 1 heterocycles. The molecule has 104 valence electrons. The summed E-state index contributed by atoms with van der Waals surface area (Å²) in [5, 5.41) is 5.61. The minimum Gasteiger partial charge on any atom is -0.338 e. The number of benzene rings is 1. The van der Waals surface area contributed by atoms with E-state index in [1.54, 1.807) is 24.5 Å². The number of hydrogen-bond donors (Lipinski definition) is 2. The standard InChI is InChI=1S/C16H19N3O/c20-16(19-15-9-12-17-13-10-15)18-11-5-4-8-14-6-2-1-3-7-14/h1-3,6-7,9-10,12-13H,4-5,8,11H2,(H2,17,18,19,20). The Bertz CT molecular complexity index is 514. The van der Waals surface area contributed by atoms with Crippen LogP contribution in [0.1, 0.15) is 18.4 Å². The average Bonchev–Trinajstić information content (AvgIpc) is 2.49. The van der Waals surface area contributed by atoms with Gasteiger partial charge in [-0.25, -0.2) is 4.79 Å². The molecule has 0 aliphatic rings. The highest BCUT2D eigenvalue weighted by Crippen LogP contribution is 2.04. The van der Waals surface area contributed by atoms with Crippen molar-refractivity contribution in [3.8, 4) is 0 Å². The van der Waals surface area contributed by atoms with Crippen LogP contribution in [0.2, 0.25) is 0 Å². The Labute approximate surface area is 119 Å². The summed E-state index contributed by atoms with van der Waals surface area (Å²) in [4.78, 5) is 15.5. The van der Waals surface area contributed by atoms with Gasteiger partial charge < -0.3 is 10.6 Å². The van der Waals surface area contributed by atoms with Gasteiger partial charge in [0, 0.05) is 24.6 Å². The van der Waals surface area contributed by atoms with Crippen molar-refractivity contribution in [2.75, 3.05) is 11.9 Å². The van der Waals surface area contributed by atoms with E-state index >= 15 is 0 Å². The molecule has 0 unspecified atom stereocenters. The highest BCUT2D eigenvalue weighted by atomic mass is 16.2. The van der Waals surface area contributed by atoms with Crippen LogP contribution in [-0.2, 0) is 6.42 Å². The fourth-order valence-electron chi connectivity index (χ4n) is 1.91. The van der Waals surface area contributed by atoms with E-state index in [1.165, 1.54) is 5.56 Å². The molecular formula is C16H19N3O. The van der Waals surface area contributed by atoms with Gasteiger partial charge >= 0.3 is 6.03 Å². The third-order valence-electron chi connectivity index (χ3n) is 2.96. The van der Waals surface area contributed by atoms with Gasteiger partial charge in [-0.05, 0) is 37.0 Å². The van der Waals surface area contributed by atoms with Crippen LogP contribution < -0.4 is 10.6 Å². The van der Waals surface area contributed by atoms with Gasteiger partial charge in [0.15, 0.2) is 0 Å². The summed E-state index contributed by atoms with van der Waals surface area (Å²) in [5.41, 5.74) is 2.09. The number of urea groups is 1. The zero-order valence-electron chi connectivity index (χ0n) is 11.4. The first-order valence-electron chi connectivity index (χ1n) is 6.83. The highest BCUT2D eigenvalue weighted by Gasteiger charge is 2.00. The Kier molecular flexibility index (Phi) is 5.58. The van der Waals surface area contributed by atoms with Crippen LogP contribution in [0, 0.1) is 0 Å². The molecule has 0 aliphatic heterocycles. The normalized spacial score (nSPS) is 10.0. The van der Waals surface area contributed by atoms with Crippen LogP contribution in [0.15, 0.2) is 54.9 Å². The van der Waals surface area contributed by atoms with Crippen molar-refractivity contribution in [1.29, 1.82) is 0 Å². The lowest BCUT2D eigenvalue weighted by atomic mass is 10.1. The van der Waals surface area contributed by atoms with Crippen LogP contribution >= 0.6 is 0 Å². The molecule has 1 aromatic carbocycles. The molecule has 1 aromatic heterocycles. The SMILES string of the molecule is O=C(NCCCCc1ccccc1)Nc1ccncc1. The van der Waals surface area contributed by atoms with E-state index in [2.05, 4.69) is 39.9 Å². The smallest absolute Gasteiger partial charge is 0.319 e. The summed E-state index contributed by atoms with van der Waals surface area (Å²) in [5.74, 6) is 0. The number of anilines is 1. The van der Waals surface area contributed by atoms with Crippen molar-refractivity contribution in [3.63, 3.8) is 0 Å². The molecule has 4 nitrogen and oxygen atoms in total. The molecule has 2 amide bonds. The molecule has 0 aliphatic carbocycles. The second-order valence-electron chi connectivity index (χ2n) is 4.56. The van der Waals surface area contributed by atoms with E-state index in [9.17, 15) is 4.79 Å². The molecule has 0 spiro atoms. The van der Waals surface area contributed by atoms with Gasteiger partial charge in [0.05, 0.1) is 0 Å². The minimum atomic E-state index is -0.170. The summed E-state index contributed by atoms with van der Waals surface area (Å²) in [7, 11) is 0. The van der Waals surface area contributed by atoms with Gasteiger partial charge in [-0.15, -0.1) is 0 Å². The van der Waals surface area contributed by atoms with Crippen molar-refractivity contribution in [3.05, 3.63) is 60.4 Å². The van der Waals surface area contributed by atoms with Crippen molar-refractivity contribution < 1.29 is 4.79 Å². The third-order valence-corrected chi connectivity index (χ3v) is 2.96. The number of nitrogens with one attached hydrogen (secondary N) is 2. The van der Waals surface area contributed by atoms with Crippen molar-refractivity contribution in [2.45, 2.75) is 19.3 Å². The van der Waals surface area contributed by atoms with Crippen LogP contribution in [0.25, 0.3) is 0 Å². The lowest BCUT2D eigenvalue weighted by Crippen LogP contribution is -2.29. The summed E-state index contributed by atoms with van der Waals surface area (Å²) in [6, 6.07) is 13.7. The number of amides is 2. The molecule has 2 rings (SSSR count). The van der Waals surface area contributed by atoms with Gasteiger partial charge in [0.2, 0.25) is 0 Å². The molecule has 2 N–H and O–H groups in total. The van der Waals surface area contributed by atoms with Gasteiger partial charge in [-0.2, -0.15) is 0 Å². The lowest BCUT2D eigenvalue weighted by Gasteiger charge is -2.07. The first-order valence-corrected chi connectivity index (χ1v) is 6.83. The number of pyridine rings is 1. The monoisotopic (exact) mass is 269 g/mol. The van der Waals surface area contributed by atoms with Gasteiger partial charge in [0.1, 0.15) is 0 Å². The fourth-order valence-corrected chi connectivity index (χ4v) is 1.91. The van der Waals surface area contributed by atoms with Crippen molar-refractivity contribution in [1.82, 2.24) is 10.3 Å². The molecule has 2 aromatic rings. The largest absolute Gasteiger partial charge is 0.338 e. The molecule has 4 heteroatoms. The zero-order valence-corrected chi connectivity index (χ0v) is 11.4. The van der Waals surface area contributed by atoms with E-state index < -0.39 is 0 Å². The topological polar surface area (TPSA) is 54.0 Å². The van der Waals surface area contributed by atoms with Crippen LogP contribution in [0.4, 0.5) is 10.5 Å². The summed E-state index contributed by atoms with van der Waals surface area (Å²) >= 11 is 0. The number of hydrogen-bond acceptors (Lipinski definition) is 2. The van der Waals surface area contributed by atoms with Crippen LogP contribution in [0.5, 0.6) is 0 Å². The highest BCUT2D eigenvalue weighted by molar-refractivity contribution is 5.88. The molecule has 0 atom stereocenters. The summed E-state index contributed by atoms with van der Waals surface area (Å²) in [6.45, 7) is 0.684. The maximum Gasteiger partial charge on any atom is 0.319 e. The van der Waals surface area contributed by atoms with E-state index in [0.717, 1.165) is 24.9 Å². The first kappa shape index (κ1) is 14.1. The Morgan fingerprint density at radius 1 is 1.00 bits per heavy atom. The van der Waals surface area contributed by atoms with Crippen LogP contribution in [0.3, 0.4) is 0 Å². The van der Waals surface area contributed by atoms with E-state index in [-0.39, 0.29) is 6.03 Å². The van der Waals surface area contributed by atoms with Gasteiger partial charge in [-0.1, -0.05) is 30.3 Å². The second kappa shape index (κ2) is 7.94. The average molecular weight is 269 g/mol. The van der Waals surface area contributed by atoms with E-state index in [1.807, 2.05) is 6.07 Å². The summed E-state index contributed by atoms with van der Waals surface area (Å²) in [6.07, 6.45) is 6.39. The molecule has 0 saturated carbocycles. The number of nitrogens with zero attached hydrogens (tertiary/aromatic N) is 1. The molecule has 0 radical (unpaired) electrons. The van der Waals surface area contributed by atoms with Gasteiger partial charge in [-0.3, -0.25) is 4.98 Å². The number of aromatic nitrogens is 1.